The van der Waals surface area contributed by atoms with Crippen molar-refractivity contribution in [2.24, 2.45) is 5.92 Å². The number of sulfone groups is 1. The van der Waals surface area contributed by atoms with Crippen molar-refractivity contribution in [3.8, 4) is 0 Å². The largest absolute Gasteiger partial charge is 0.462 e. The number of aryl methyl sites for hydroxylation is 1. The van der Waals surface area contributed by atoms with Gasteiger partial charge in [-0.2, -0.15) is 4.31 Å². The number of sulfonamides is 1. The zero-order chi connectivity index (χ0) is 24.4. The maximum absolute atomic E-state index is 13.1. The van der Waals surface area contributed by atoms with Gasteiger partial charge in [-0.25, -0.2) is 21.6 Å². The lowest BCUT2D eigenvalue weighted by atomic mass is 9.97. The third kappa shape index (κ3) is 5.62. The topological polar surface area (TPSA) is 127 Å². The van der Waals surface area contributed by atoms with Gasteiger partial charge in [-0.1, -0.05) is 12.1 Å². The van der Waals surface area contributed by atoms with Gasteiger partial charge in [0.05, 0.1) is 16.5 Å². The van der Waals surface area contributed by atoms with E-state index in [1.165, 1.54) is 28.6 Å². The van der Waals surface area contributed by atoms with Crippen molar-refractivity contribution < 1.29 is 31.2 Å². The van der Waals surface area contributed by atoms with E-state index in [-0.39, 0.29) is 35.4 Å². The van der Waals surface area contributed by atoms with Crippen LogP contribution in [0.2, 0.25) is 0 Å². The third-order valence-corrected chi connectivity index (χ3v) is 9.69. The highest BCUT2D eigenvalue weighted by Gasteiger charge is 2.34. The van der Waals surface area contributed by atoms with Crippen LogP contribution in [0.25, 0.3) is 0 Å². The molecule has 1 aromatic carbocycles. The van der Waals surface area contributed by atoms with Gasteiger partial charge in [0.1, 0.15) is 9.77 Å². The zero-order valence-corrected chi connectivity index (χ0v) is 21.0. The van der Waals surface area contributed by atoms with Gasteiger partial charge in [0, 0.05) is 25.3 Å². The van der Waals surface area contributed by atoms with Crippen molar-refractivity contribution in [3.63, 3.8) is 0 Å². The van der Waals surface area contributed by atoms with E-state index in [1.807, 2.05) is 0 Å². The van der Waals surface area contributed by atoms with Crippen molar-refractivity contribution in [1.82, 2.24) is 4.31 Å². The number of anilines is 1. The summed E-state index contributed by atoms with van der Waals surface area (Å²) in [5.74, 6) is -1.09. The number of hydrogen-bond acceptors (Lipinski definition) is 8. The Morgan fingerprint density at radius 3 is 2.30 bits per heavy atom. The van der Waals surface area contributed by atoms with Crippen LogP contribution in [0.4, 0.5) is 5.00 Å². The summed E-state index contributed by atoms with van der Waals surface area (Å²) < 4.78 is 56.5. The van der Waals surface area contributed by atoms with Crippen LogP contribution in [0.1, 0.15) is 35.0 Å². The molecule has 1 fully saturated rings. The zero-order valence-electron chi connectivity index (χ0n) is 18.5. The SMILES string of the molecule is CCOC(=O)c1sc(NC(=O)C2CCN(S(=O)(=O)c3ccccc3S(C)(=O)=O)CC2)cc1C. The van der Waals surface area contributed by atoms with Crippen LogP contribution in [0.5, 0.6) is 0 Å². The summed E-state index contributed by atoms with van der Waals surface area (Å²) >= 11 is 1.14. The Kier molecular flexibility index (Phi) is 7.62. The Morgan fingerprint density at radius 2 is 1.73 bits per heavy atom. The van der Waals surface area contributed by atoms with E-state index in [2.05, 4.69) is 5.32 Å². The number of carbonyl (C=O) groups is 2. The molecule has 1 aliphatic rings. The summed E-state index contributed by atoms with van der Waals surface area (Å²) in [4.78, 5) is 24.6. The quantitative estimate of drug-likeness (QED) is 0.563. The first-order chi connectivity index (χ1) is 15.4. The minimum Gasteiger partial charge on any atom is -0.462 e. The number of thiophene rings is 1. The Labute approximate surface area is 197 Å². The highest BCUT2D eigenvalue weighted by atomic mass is 32.2. The molecular weight excluding hydrogens is 488 g/mol. The summed E-state index contributed by atoms with van der Waals surface area (Å²) in [7, 11) is -7.76. The molecule has 1 N–H and O–H groups in total. The lowest BCUT2D eigenvalue weighted by Gasteiger charge is -2.30. The molecule has 0 aliphatic carbocycles. The molecule has 0 saturated carbocycles. The molecule has 9 nitrogen and oxygen atoms in total. The summed E-state index contributed by atoms with van der Waals surface area (Å²) in [5, 5.41) is 3.33. The van der Waals surface area contributed by atoms with Gasteiger partial charge >= 0.3 is 5.97 Å². The maximum atomic E-state index is 13.1. The van der Waals surface area contributed by atoms with Crippen molar-refractivity contribution in [2.75, 3.05) is 31.3 Å². The van der Waals surface area contributed by atoms with Crippen molar-refractivity contribution in [1.29, 1.82) is 0 Å². The van der Waals surface area contributed by atoms with Gasteiger partial charge in [-0.05, 0) is 50.5 Å². The molecule has 0 spiro atoms. The summed E-state index contributed by atoms with van der Waals surface area (Å²) in [5.41, 5.74) is 0.708. The molecule has 2 aromatic rings. The summed E-state index contributed by atoms with van der Waals surface area (Å²) in [6.45, 7) is 3.92. The highest BCUT2D eigenvalue weighted by molar-refractivity contribution is 7.93. The molecule has 0 bridgehead atoms. The van der Waals surface area contributed by atoms with E-state index in [4.69, 9.17) is 4.74 Å². The fraction of sp³-hybridized carbons (Fsp3) is 0.429. The van der Waals surface area contributed by atoms with Gasteiger partial charge in [0.2, 0.25) is 15.9 Å². The summed E-state index contributed by atoms with van der Waals surface area (Å²) in [6, 6.07) is 7.22. The lowest BCUT2D eigenvalue weighted by Crippen LogP contribution is -2.41. The molecular formula is C21H26N2O7S3. The first kappa shape index (κ1) is 25.3. The third-order valence-electron chi connectivity index (χ3n) is 5.32. The Bertz CT molecular complexity index is 1260. The number of nitrogens with one attached hydrogen (secondary N) is 1. The second-order valence-electron chi connectivity index (χ2n) is 7.73. The number of benzene rings is 1. The van der Waals surface area contributed by atoms with Crippen molar-refractivity contribution >= 4 is 48.1 Å². The molecule has 33 heavy (non-hydrogen) atoms. The van der Waals surface area contributed by atoms with Gasteiger partial charge in [0.15, 0.2) is 9.84 Å². The number of ether oxygens (including phenoxy) is 1. The monoisotopic (exact) mass is 514 g/mol. The van der Waals surface area contributed by atoms with Crippen LogP contribution in [0.15, 0.2) is 40.1 Å². The first-order valence-corrected chi connectivity index (χ1v) is 14.5. The number of esters is 1. The smallest absolute Gasteiger partial charge is 0.348 e. The van der Waals surface area contributed by atoms with Crippen LogP contribution < -0.4 is 5.32 Å². The molecule has 12 heteroatoms. The molecule has 0 unspecified atom stereocenters. The lowest BCUT2D eigenvalue weighted by molar-refractivity contribution is -0.120. The van der Waals surface area contributed by atoms with E-state index >= 15 is 0 Å². The van der Waals surface area contributed by atoms with Crippen LogP contribution >= 0.6 is 11.3 Å². The molecule has 2 heterocycles. The second-order valence-corrected chi connectivity index (χ2v) is 12.7. The molecule has 1 amide bonds. The van der Waals surface area contributed by atoms with E-state index in [1.54, 1.807) is 19.9 Å². The maximum Gasteiger partial charge on any atom is 0.348 e. The first-order valence-electron chi connectivity index (χ1n) is 10.3. The molecule has 180 valence electrons. The average molecular weight is 515 g/mol. The number of rotatable bonds is 7. The molecule has 1 aliphatic heterocycles. The van der Waals surface area contributed by atoms with Crippen LogP contribution in [0.3, 0.4) is 0 Å². The summed E-state index contributed by atoms with van der Waals surface area (Å²) in [6.07, 6.45) is 1.56. The Morgan fingerprint density at radius 1 is 1.12 bits per heavy atom. The fourth-order valence-corrected chi connectivity index (χ4v) is 7.67. The van der Waals surface area contributed by atoms with E-state index in [0.29, 0.717) is 28.3 Å². The number of amides is 1. The molecule has 1 aromatic heterocycles. The van der Waals surface area contributed by atoms with E-state index in [9.17, 15) is 26.4 Å². The highest BCUT2D eigenvalue weighted by Crippen LogP contribution is 2.31. The molecule has 1 saturated heterocycles. The van der Waals surface area contributed by atoms with E-state index < -0.39 is 31.7 Å². The van der Waals surface area contributed by atoms with Gasteiger partial charge in [-0.15, -0.1) is 11.3 Å². The van der Waals surface area contributed by atoms with Gasteiger partial charge in [-0.3, -0.25) is 4.79 Å². The molecule has 0 radical (unpaired) electrons. The Balaban J connectivity index is 1.67. The van der Waals surface area contributed by atoms with Crippen LogP contribution in [0, 0.1) is 12.8 Å². The average Bonchev–Trinajstić information content (AvgIpc) is 3.13. The standard InChI is InChI=1S/C21H26N2O7S3/c1-4-30-21(25)19-14(2)13-18(31-19)22-20(24)15-9-11-23(12-10-15)33(28,29)17-8-6-5-7-16(17)32(3,26)27/h5-8,13,15H,4,9-12H2,1-3H3,(H,22,24). The predicted octanol–water partition coefficient (Wildman–Crippen LogP) is 2.68. The minimum absolute atomic E-state index is 0.0933. The number of carbonyl (C=O) groups excluding carboxylic acids is 2. The van der Waals surface area contributed by atoms with Crippen molar-refractivity contribution in [2.45, 2.75) is 36.5 Å². The van der Waals surface area contributed by atoms with E-state index in [0.717, 1.165) is 17.6 Å². The number of hydrogen-bond donors (Lipinski definition) is 1. The fourth-order valence-electron chi connectivity index (χ4n) is 3.63. The van der Waals surface area contributed by atoms with Gasteiger partial charge in [0.25, 0.3) is 0 Å². The second kappa shape index (κ2) is 9.92. The van der Waals surface area contributed by atoms with Crippen molar-refractivity contribution in [3.05, 3.63) is 40.8 Å². The number of nitrogens with zero attached hydrogens (tertiary/aromatic N) is 1. The molecule has 0 atom stereocenters. The van der Waals surface area contributed by atoms with Gasteiger partial charge < -0.3 is 10.1 Å². The normalized spacial score (nSPS) is 15.8. The van der Waals surface area contributed by atoms with Crippen LogP contribution in [-0.4, -0.2) is 59.0 Å². The van der Waals surface area contributed by atoms with Crippen LogP contribution in [-0.2, 0) is 29.4 Å². The number of piperidine rings is 1. The predicted molar refractivity (Wildman–Crippen MR) is 125 cm³/mol. The Hall–Kier alpha value is -2.28. The minimum atomic E-state index is -4.03. The molecule has 3 rings (SSSR count).